The molecule has 2 N–H and O–H groups in total. The van der Waals surface area contributed by atoms with Crippen molar-refractivity contribution in [2.75, 3.05) is 12.3 Å². The minimum Gasteiger partial charge on any atom is -0.330 e. The third-order valence-electron chi connectivity index (χ3n) is 2.08. The van der Waals surface area contributed by atoms with Crippen molar-refractivity contribution in [3.63, 3.8) is 0 Å². The molecule has 1 rings (SSSR count). The summed E-state index contributed by atoms with van der Waals surface area (Å²) in [5.74, 6) is 2.27. The molecular weight excluding hydrogens is 277 g/mol. The van der Waals surface area contributed by atoms with Crippen molar-refractivity contribution in [1.29, 1.82) is 0 Å². The summed E-state index contributed by atoms with van der Waals surface area (Å²) in [5, 5.41) is 0. The monoisotopic (exact) mass is 291 g/mol. The molecule has 1 atom stereocenters. The van der Waals surface area contributed by atoms with Crippen molar-refractivity contribution in [2.24, 2.45) is 11.7 Å². The molecule has 1 nitrogen and oxygen atoms in total. The third-order valence-corrected chi connectivity index (χ3v) is 4.14. The molecule has 1 aromatic carbocycles. The zero-order chi connectivity index (χ0) is 11.3. The van der Waals surface area contributed by atoms with Crippen LogP contribution in [-0.4, -0.2) is 12.3 Å². The number of thioether (sulfide) groups is 1. The van der Waals surface area contributed by atoms with Gasteiger partial charge in [0.2, 0.25) is 0 Å². The van der Waals surface area contributed by atoms with Crippen LogP contribution in [0.5, 0.6) is 0 Å². The summed E-state index contributed by atoms with van der Waals surface area (Å²) in [6.45, 7) is 2.85. The first-order chi connectivity index (χ1) is 7.13. The molecule has 0 heterocycles. The minimum absolute atomic E-state index is 0.203. The van der Waals surface area contributed by atoms with Gasteiger partial charge in [0.1, 0.15) is 5.82 Å². The summed E-state index contributed by atoms with van der Waals surface area (Å²) in [6, 6.07) is 4.81. The molecule has 0 aliphatic carbocycles. The first-order valence-electron chi connectivity index (χ1n) is 4.85. The molecule has 84 valence electrons. The molecule has 0 aliphatic rings. The number of hydrogen-bond acceptors (Lipinski definition) is 2. The van der Waals surface area contributed by atoms with Gasteiger partial charge in [-0.3, -0.25) is 0 Å². The summed E-state index contributed by atoms with van der Waals surface area (Å²) in [4.78, 5) is 0. The van der Waals surface area contributed by atoms with Gasteiger partial charge in [-0.25, -0.2) is 4.39 Å². The van der Waals surface area contributed by atoms with E-state index >= 15 is 0 Å². The van der Waals surface area contributed by atoms with Gasteiger partial charge >= 0.3 is 0 Å². The van der Waals surface area contributed by atoms with Gasteiger partial charge in [0.25, 0.3) is 0 Å². The fourth-order valence-corrected chi connectivity index (χ4v) is 2.88. The Hall–Kier alpha value is -0.0600. The molecule has 0 saturated carbocycles. The second-order valence-electron chi connectivity index (χ2n) is 3.59. The van der Waals surface area contributed by atoms with Crippen LogP contribution in [-0.2, 0) is 5.75 Å². The van der Waals surface area contributed by atoms with E-state index in [9.17, 15) is 4.39 Å². The van der Waals surface area contributed by atoms with Crippen molar-refractivity contribution in [3.05, 3.63) is 34.1 Å². The predicted octanol–water partition coefficient (Wildman–Crippen LogP) is 3.42. The van der Waals surface area contributed by atoms with Crippen LogP contribution in [0.4, 0.5) is 4.39 Å². The number of rotatable bonds is 5. The Bertz CT molecular complexity index is 319. The Morgan fingerprint density at radius 3 is 2.87 bits per heavy atom. The molecule has 0 aliphatic heterocycles. The van der Waals surface area contributed by atoms with Crippen LogP contribution in [0.25, 0.3) is 0 Å². The van der Waals surface area contributed by atoms with E-state index in [1.807, 2.05) is 17.8 Å². The molecule has 0 spiro atoms. The maximum Gasteiger partial charge on any atom is 0.124 e. The summed E-state index contributed by atoms with van der Waals surface area (Å²) in [5.41, 5.74) is 6.66. The molecular formula is C11H15BrFNS. The molecule has 0 amide bonds. The first kappa shape index (κ1) is 13.0. The first-order valence-corrected chi connectivity index (χ1v) is 6.80. The second kappa shape index (κ2) is 6.51. The largest absolute Gasteiger partial charge is 0.330 e. The Balaban J connectivity index is 2.44. The van der Waals surface area contributed by atoms with E-state index in [1.165, 1.54) is 12.1 Å². The normalized spacial score (nSPS) is 12.8. The van der Waals surface area contributed by atoms with Crippen LogP contribution in [0.15, 0.2) is 22.7 Å². The highest BCUT2D eigenvalue weighted by atomic mass is 79.9. The van der Waals surface area contributed by atoms with Gasteiger partial charge in [0, 0.05) is 10.2 Å². The quantitative estimate of drug-likeness (QED) is 0.900. The minimum atomic E-state index is -0.203. The highest BCUT2D eigenvalue weighted by molar-refractivity contribution is 9.10. The lowest BCUT2D eigenvalue weighted by atomic mass is 10.2. The molecule has 0 radical (unpaired) electrons. The van der Waals surface area contributed by atoms with Gasteiger partial charge in [-0.2, -0.15) is 11.8 Å². The van der Waals surface area contributed by atoms with Crippen LogP contribution in [0.2, 0.25) is 0 Å². The van der Waals surface area contributed by atoms with E-state index in [-0.39, 0.29) is 5.82 Å². The van der Waals surface area contributed by atoms with Crippen LogP contribution < -0.4 is 5.73 Å². The molecule has 0 aromatic heterocycles. The number of hydrogen-bond donors (Lipinski definition) is 1. The average Bonchev–Trinajstić information content (AvgIpc) is 2.21. The van der Waals surface area contributed by atoms with Crippen molar-refractivity contribution in [3.8, 4) is 0 Å². The molecule has 0 saturated heterocycles. The summed E-state index contributed by atoms with van der Waals surface area (Å²) in [7, 11) is 0. The van der Waals surface area contributed by atoms with E-state index in [0.717, 1.165) is 28.1 Å². The predicted molar refractivity (Wildman–Crippen MR) is 68.5 cm³/mol. The Morgan fingerprint density at radius 2 is 2.27 bits per heavy atom. The zero-order valence-corrected chi connectivity index (χ0v) is 11.1. The SMILES string of the molecule is CC(CN)CSCc1ccc(F)cc1Br. The van der Waals surface area contributed by atoms with Gasteiger partial charge < -0.3 is 5.73 Å². The summed E-state index contributed by atoms with van der Waals surface area (Å²) < 4.78 is 13.6. The van der Waals surface area contributed by atoms with E-state index in [0.29, 0.717) is 5.92 Å². The Labute approximate surface area is 103 Å². The molecule has 0 fully saturated rings. The smallest absolute Gasteiger partial charge is 0.124 e. The van der Waals surface area contributed by atoms with Crippen molar-refractivity contribution in [2.45, 2.75) is 12.7 Å². The lowest BCUT2D eigenvalue weighted by molar-refractivity contribution is 0.626. The molecule has 1 unspecified atom stereocenters. The zero-order valence-electron chi connectivity index (χ0n) is 8.67. The maximum atomic E-state index is 12.8. The fourth-order valence-electron chi connectivity index (χ4n) is 1.08. The number of nitrogens with two attached hydrogens (primary N) is 1. The van der Waals surface area contributed by atoms with Crippen LogP contribution in [0.1, 0.15) is 12.5 Å². The van der Waals surface area contributed by atoms with Crippen molar-refractivity contribution >= 4 is 27.7 Å². The van der Waals surface area contributed by atoms with Gasteiger partial charge in [-0.1, -0.05) is 28.9 Å². The standard InChI is InChI=1S/C11H15BrFNS/c1-8(5-14)6-15-7-9-2-3-10(13)4-11(9)12/h2-4,8H,5-7,14H2,1H3. The van der Waals surface area contributed by atoms with E-state index < -0.39 is 0 Å². The van der Waals surface area contributed by atoms with Crippen LogP contribution >= 0.6 is 27.7 Å². The Kier molecular flexibility index (Phi) is 5.64. The number of benzene rings is 1. The second-order valence-corrected chi connectivity index (χ2v) is 5.48. The molecule has 4 heteroatoms. The van der Waals surface area contributed by atoms with Gasteiger partial charge in [-0.05, 0) is 35.9 Å². The van der Waals surface area contributed by atoms with Gasteiger partial charge in [0.05, 0.1) is 0 Å². The Morgan fingerprint density at radius 1 is 1.53 bits per heavy atom. The maximum absolute atomic E-state index is 12.8. The average molecular weight is 292 g/mol. The van der Waals surface area contributed by atoms with Crippen LogP contribution in [0, 0.1) is 11.7 Å². The topological polar surface area (TPSA) is 26.0 Å². The third kappa shape index (κ3) is 4.53. The summed E-state index contributed by atoms with van der Waals surface area (Å²) >= 11 is 5.18. The number of halogens is 2. The van der Waals surface area contributed by atoms with E-state index in [1.54, 1.807) is 0 Å². The summed E-state index contributed by atoms with van der Waals surface area (Å²) in [6.07, 6.45) is 0. The highest BCUT2D eigenvalue weighted by Gasteiger charge is 2.03. The van der Waals surface area contributed by atoms with Crippen molar-refractivity contribution in [1.82, 2.24) is 0 Å². The molecule has 1 aromatic rings. The lowest BCUT2D eigenvalue weighted by Gasteiger charge is -2.08. The lowest BCUT2D eigenvalue weighted by Crippen LogP contribution is -2.12. The fraction of sp³-hybridized carbons (Fsp3) is 0.455. The van der Waals surface area contributed by atoms with E-state index in [2.05, 4.69) is 22.9 Å². The van der Waals surface area contributed by atoms with Gasteiger partial charge in [0.15, 0.2) is 0 Å². The highest BCUT2D eigenvalue weighted by Crippen LogP contribution is 2.23. The van der Waals surface area contributed by atoms with Crippen molar-refractivity contribution < 1.29 is 4.39 Å². The molecule has 0 bridgehead atoms. The van der Waals surface area contributed by atoms with E-state index in [4.69, 9.17) is 5.73 Å². The molecule has 15 heavy (non-hydrogen) atoms. The van der Waals surface area contributed by atoms with Crippen LogP contribution in [0.3, 0.4) is 0 Å². The van der Waals surface area contributed by atoms with Gasteiger partial charge in [-0.15, -0.1) is 0 Å².